The molecule has 316 valence electrons. The van der Waals surface area contributed by atoms with Crippen molar-refractivity contribution < 1.29 is 41.5 Å². The third-order valence-electron chi connectivity index (χ3n) is 10.9. The molecule has 0 bridgehead atoms. The number of hydrogen-bond acceptors (Lipinski definition) is 7. The maximum Gasteiger partial charge on any atom is 1.11 e. The molecule has 7 nitrogen and oxygen atoms in total. The molecule has 0 saturated heterocycles. The minimum atomic E-state index is -6.29. The molecule has 0 aromatic heterocycles. The molecule has 1 aliphatic rings. The van der Waals surface area contributed by atoms with Gasteiger partial charge in [0.25, 0.3) is 0 Å². The van der Waals surface area contributed by atoms with Crippen LogP contribution in [-0.2, 0) is 34.8 Å². The molecule has 63 heavy (non-hydrogen) atoms. The van der Waals surface area contributed by atoms with Gasteiger partial charge in [0.1, 0.15) is 14.3 Å². The van der Waals surface area contributed by atoms with Gasteiger partial charge in [-0.1, -0.05) is 165 Å². The van der Waals surface area contributed by atoms with E-state index in [4.69, 9.17) is 10.8 Å². The van der Waals surface area contributed by atoms with E-state index in [0.29, 0.717) is 74.0 Å². The van der Waals surface area contributed by atoms with E-state index in [-0.39, 0.29) is 23.8 Å². The Balaban J connectivity index is 1.39. The van der Waals surface area contributed by atoms with Gasteiger partial charge in [0.15, 0.2) is 0 Å². The number of hydrogen-bond donors (Lipinski definition) is 0. The average molecular weight is 1050 g/mol. The van der Waals surface area contributed by atoms with Crippen LogP contribution in [0.5, 0.6) is 11.5 Å². The first-order valence-electron chi connectivity index (χ1n) is 19.4. The van der Waals surface area contributed by atoms with E-state index in [2.05, 4.69) is 31.9 Å². The summed E-state index contributed by atoms with van der Waals surface area (Å²) in [5, 5.41) is 4.51. The minimum absolute atomic E-state index is 0.0413. The monoisotopic (exact) mass is 1040 g/mol. The van der Waals surface area contributed by atoms with Gasteiger partial charge in [-0.3, -0.25) is 0 Å². The van der Waals surface area contributed by atoms with E-state index in [1.807, 2.05) is 24.3 Å². The van der Waals surface area contributed by atoms with Gasteiger partial charge < -0.3 is 19.9 Å². The van der Waals surface area contributed by atoms with E-state index < -0.39 is 45.1 Å². The van der Waals surface area contributed by atoms with Crippen LogP contribution in [0.4, 0.5) is 13.2 Å². The summed E-state index contributed by atoms with van der Waals surface area (Å²) in [5.41, 5.74) is -4.51. The van der Waals surface area contributed by atoms with Crippen molar-refractivity contribution >= 4 is 114 Å². The molecule has 16 heteroatoms. The molecule has 0 N–H and O–H groups in total. The number of alkyl halides is 3. The summed E-state index contributed by atoms with van der Waals surface area (Å²) in [5.74, 6) is -0.0826. The molecule has 0 atom stereocenters. The quantitative estimate of drug-likeness (QED) is 0.0765. The minimum Gasteiger partial charge on any atom is -0.587 e. The first-order chi connectivity index (χ1) is 30.1. The lowest BCUT2D eigenvalue weighted by atomic mass is 9.89. The Morgan fingerprint density at radius 2 is 0.857 bits per heavy atom. The second kappa shape index (κ2) is 17.2. The Hall–Kier alpha value is -4.47. The largest absolute Gasteiger partial charge is 1.11 e. The molecule has 1 aliphatic heterocycles. The Kier molecular flexibility index (Phi) is 11.9. The normalized spacial score (nSPS) is 13.2. The van der Waals surface area contributed by atoms with Gasteiger partial charge >= 0.3 is 30.8 Å². The fourth-order valence-corrected chi connectivity index (χ4v) is 16.7. The third kappa shape index (κ3) is 8.38. The number of fused-ring (bicyclic) bond motifs is 7. The summed E-state index contributed by atoms with van der Waals surface area (Å²) >= 11 is 2.66. The van der Waals surface area contributed by atoms with E-state index in [1.165, 1.54) is 0 Å². The smallest absolute Gasteiger partial charge is 0.587 e. The summed E-state index contributed by atoms with van der Waals surface area (Å²) in [6.45, 7) is 0. The molecular weight excluding hydrogens is 1010 g/mol. The molecule has 9 rings (SSSR count). The van der Waals surface area contributed by atoms with Gasteiger partial charge in [-0.2, -0.15) is 21.6 Å². The van der Waals surface area contributed by atoms with Gasteiger partial charge in [-0.05, 0) is 57.9 Å². The van der Waals surface area contributed by atoms with E-state index in [1.54, 1.807) is 146 Å². The molecule has 0 aliphatic carbocycles. The molecular formula is C47H32AlBr2F3O7P2S. The van der Waals surface area contributed by atoms with Crippen molar-refractivity contribution in [3.8, 4) is 22.6 Å². The van der Waals surface area contributed by atoms with Crippen molar-refractivity contribution in [2.24, 2.45) is 0 Å². The highest BCUT2D eigenvalue weighted by Gasteiger charge is 2.57. The van der Waals surface area contributed by atoms with Crippen LogP contribution < -0.4 is 28.8 Å². The predicted octanol–water partition coefficient (Wildman–Crippen LogP) is 11.8. The Morgan fingerprint density at radius 3 is 1.17 bits per heavy atom. The Bertz CT molecular complexity index is 2980. The van der Waals surface area contributed by atoms with Gasteiger partial charge in [-0.15, -0.1) is 0 Å². The summed E-state index contributed by atoms with van der Waals surface area (Å²) in [4.78, 5) is 0. The zero-order valence-corrected chi connectivity index (χ0v) is 39.6. The molecule has 0 fully saturated rings. The first kappa shape index (κ1) is 43.8. The molecule has 0 amide bonds. The van der Waals surface area contributed by atoms with Crippen LogP contribution in [0, 0.1) is 0 Å². The van der Waals surface area contributed by atoms with Crippen LogP contribution in [0.15, 0.2) is 179 Å². The third-order valence-corrected chi connectivity index (χ3v) is 21.1. The Morgan fingerprint density at radius 1 is 0.524 bits per heavy atom. The van der Waals surface area contributed by atoms with Crippen LogP contribution in [0.2, 0.25) is 0 Å². The highest BCUT2D eigenvalue weighted by Crippen LogP contribution is 2.57. The molecule has 0 unspecified atom stereocenters. The summed E-state index contributed by atoms with van der Waals surface area (Å²) < 4.78 is 120. The Labute approximate surface area is 383 Å². The fourth-order valence-electron chi connectivity index (χ4n) is 8.07. The summed E-state index contributed by atoms with van der Waals surface area (Å²) in [6.07, 6.45) is -0.372. The lowest BCUT2D eigenvalue weighted by Crippen LogP contribution is -2.40. The number of halogens is 5. The molecule has 0 spiro atoms. The second-order valence-corrected chi connectivity index (χ2v) is 25.5. The molecule has 0 radical (unpaired) electrons. The van der Waals surface area contributed by atoms with Crippen LogP contribution in [0.1, 0.15) is 11.1 Å². The number of benzene rings is 8. The van der Waals surface area contributed by atoms with Crippen LogP contribution in [0.25, 0.3) is 32.7 Å². The number of rotatable bonds is 10. The lowest BCUT2D eigenvalue weighted by molar-refractivity contribution is -0.0511. The van der Waals surface area contributed by atoms with Gasteiger partial charge in [0.2, 0.25) is 0 Å². The van der Waals surface area contributed by atoms with Crippen molar-refractivity contribution in [3.63, 3.8) is 0 Å². The van der Waals surface area contributed by atoms with Crippen molar-refractivity contribution in [2.75, 3.05) is 0 Å². The van der Waals surface area contributed by atoms with E-state index >= 15 is 9.13 Å². The van der Waals surface area contributed by atoms with Crippen molar-refractivity contribution in [1.82, 2.24) is 0 Å². The van der Waals surface area contributed by atoms with Crippen LogP contribution in [-0.4, -0.2) is 29.1 Å². The lowest BCUT2D eigenvalue weighted by Gasteiger charge is -2.25. The maximum atomic E-state index is 15.8. The van der Waals surface area contributed by atoms with Gasteiger partial charge in [0, 0.05) is 64.7 Å². The summed E-state index contributed by atoms with van der Waals surface area (Å²) in [6, 6.07) is 50.0. The highest BCUT2D eigenvalue weighted by molar-refractivity contribution is 9.10. The van der Waals surface area contributed by atoms with Crippen molar-refractivity contribution in [2.45, 2.75) is 17.8 Å². The van der Waals surface area contributed by atoms with E-state index in [0.717, 1.165) is 0 Å². The van der Waals surface area contributed by atoms with Gasteiger partial charge in [0.05, 0.1) is 11.5 Å². The standard InChI is InChI=1S/C46H34Br2O4P2.CHF3O3S.Al/c47-35-21-23-41-31(27-35)25-33(29-53(51,37-13-5-1-6-14-37)38-15-7-2-8-16-38)45(49)43(41)44-42-24-22-36(48)28-32(42)26-34(46(44)50)30-54(52,39-17-9-3-10-18-39)40-19-11-4-12-20-40;2-1(3,4)8(5,6)7;/h1-28,49-50H,29-30H2;(H,5,6,7);/q;;+3/p-3. The maximum absolute atomic E-state index is 15.8. The SMILES string of the molecule is O=P(Cc1cc2cc(Br)ccc2c2c1[O][Al]([O]S(=O)(=O)C(F)(F)F)[O]c1c(CP(=O)(c3ccccc3)c3ccccc3)cc3cc(Br)ccc3c1-2)(c1ccccc1)c1ccccc1. The fraction of sp³-hybridized carbons (Fsp3) is 0.0638. The molecule has 1 heterocycles. The highest BCUT2D eigenvalue weighted by atomic mass is 79.9. The molecule has 0 saturated carbocycles. The average Bonchev–Trinajstić information content (AvgIpc) is 3.44. The zero-order chi connectivity index (χ0) is 44.1. The summed E-state index contributed by atoms with van der Waals surface area (Å²) in [7, 11) is -13.5. The van der Waals surface area contributed by atoms with Gasteiger partial charge in [-0.25, -0.2) is 0 Å². The van der Waals surface area contributed by atoms with Crippen molar-refractivity contribution in [1.29, 1.82) is 0 Å². The second-order valence-electron chi connectivity index (χ2n) is 14.9. The predicted molar refractivity (Wildman–Crippen MR) is 252 cm³/mol. The van der Waals surface area contributed by atoms with Crippen LogP contribution >= 0.6 is 46.1 Å². The molecule has 8 aromatic rings. The molecule has 8 aromatic carbocycles. The van der Waals surface area contributed by atoms with Crippen molar-refractivity contribution in [3.05, 3.63) is 190 Å². The van der Waals surface area contributed by atoms with E-state index in [9.17, 15) is 21.6 Å². The van der Waals surface area contributed by atoms with Crippen LogP contribution in [0.3, 0.4) is 0 Å². The topological polar surface area (TPSA) is 96.0 Å². The zero-order valence-electron chi connectivity index (χ0n) is 32.7. The first-order valence-corrected chi connectivity index (χ1v) is 27.6.